The van der Waals surface area contributed by atoms with Crippen molar-refractivity contribution in [1.82, 2.24) is 10.4 Å². The lowest BCUT2D eigenvalue weighted by Gasteiger charge is -2.21. The van der Waals surface area contributed by atoms with Gasteiger partial charge in [-0.2, -0.15) is 0 Å². The van der Waals surface area contributed by atoms with Gasteiger partial charge in [-0.25, -0.2) is 9.80 Å². The van der Waals surface area contributed by atoms with Gasteiger partial charge in [0.05, 0.1) is 6.54 Å². The van der Waals surface area contributed by atoms with E-state index in [0.717, 1.165) is 10.6 Å². The van der Waals surface area contributed by atoms with E-state index < -0.39 is 6.09 Å². The molecular weight excluding hydrogens is 268 g/mol. The zero-order valence-electron chi connectivity index (χ0n) is 11.7. The van der Waals surface area contributed by atoms with Crippen molar-refractivity contribution in [2.24, 2.45) is 0 Å². The Morgan fingerprint density at radius 3 is 2.14 bits per heavy atom. The van der Waals surface area contributed by atoms with E-state index in [9.17, 15) is 9.59 Å². The molecule has 0 heterocycles. The molecule has 0 fully saturated rings. The maximum absolute atomic E-state index is 12.1. The lowest BCUT2D eigenvalue weighted by molar-refractivity contribution is -0.123. The molecule has 0 spiro atoms. The Labute approximate surface area is 123 Å². The van der Waals surface area contributed by atoms with Gasteiger partial charge in [-0.1, -0.05) is 48.5 Å². The molecule has 0 unspecified atom stereocenters. The molecule has 0 aliphatic carbocycles. The Hall–Kier alpha value is -2.82. The summed E-state index contributed by atoms with van der Waals surface area (Å²) in [6, 6.07) is 18.0. The minimum atomic E-state index is -0.639. The molecule has 5 heteroatoms. The topological polar surface area (TPSA) is 58.6 Å². The first-order valence-electron chi connectivity index (χ1n) is 6.50. The molecule has 2 rings (SSSR count). The molecule has 1 N–H and O–H groups in total. The van der Waals surface area contributed by atoms with Gasteiger partial charge in [0.2, 0.25) is 5.91 Å². The highest BCUT2D eigenvalue weighted by Gasteiger charge is 2.17. The molecule has 5 nitrogen and oxygen atoms in total. The van der Waals surface area contributed by atoms with Gasteiger partial charge in [-0.15, -0.1) is 0 Å². The lowest BCUT2D eigenvalue weighted by Crippen LogP contribution is -2.46. The highest BCUT2D eigenvalue weighted by Crippen LogP contribution is 2.11. The monoisotopic (exact) mass is 284 g/mol. The van der Waals surface area contributed by atoms with E-state index in [0.29, 0.717) is 5.75 Å². The van der Waals surface area contributed by atoms with Gasteiger partial charge in [0.25, 0.3) is 0 Å². The Morgan fingerprint density at radius 1 is 1.00 bits per heavy atom. The second-order valence-corrected chi connectivity index (χ2v) is 4.42. The molecular formula is C16H16N2O3. The van der Waals surface area contributed by atoms with Crippen molar-refractivity contribution in [3.63, 3.8) is 0 Å². The smallest absolute Gasteiger partial charge is 0.409 e. The first kappa shape index (κ1) is 14.6. The maximum Gasteiger partial charge on any atom is 0.434 e. The number of hydrazine groups is 1. The molecule has 0 saturated heterocycles. The van der Waals surface area contributed by atoms with Crippen LogP contribution in [0.2, 0.25) is 0 Å². The molecule has 0 atom stereocenters. The summed E-state index contributed by atoms with van der Waals surface area (Å²) in [4.78, 5) is 23.4. The number of ether oxygens (including phenoxy) is 1. The third kappa shape index (κ3) is 4.65. The second kappa shape index (κ2) is 7.09. The number of nitrogens with one attached hydrogen (secondary N) is 1. The van der Waals surface area contributed by atoms with E-state index in [2.05, 4.69) is 5.43 Å². The molecule has 2 amide bonds. The van der Waals surface area contributed by atoms with Crippen molar-refractivity contribution in [3.8, 4) is 5.75 Å². The number of nitrogens with zero attached hydrogens (tertiary/aromatic N) is 1. The molecule has 0 aromatic heterocycles. The molecule has 2 aromatic carbocycles. The van der Waals surface area contributed by atoms with Crippen LogP contribution >= 0.6 is 0 Å². The largest absolute Gasteiger partial charge is 0.434 e. The Kier molecular flexibility index (Phi) is 4.93. The third-order valence-electron chi connectivity index (χ3n) is 2.64. The first-order valence-corrected chi connectivity index (χ1v) is 6.50. The summed E-state index contributed by atoms with van der Waals surface area (Å²) in [6.07, 6.45) is -0.639. The molecule has 108 valence electrons. The number of carbonyl (C=O) groups excluding carboxylic acids is 2. The predicted molar refractivity (Wildman–Crippen MR) is 78.3 cm³/mol. The van der Waals surface area contributed by atoms with Crippen LogP contribution in [0.5, 0.6) is 5.75 Å². The molecule has 0 saturated carbocycles. The predicted octanol–water partition coefficient (Wildman–Crippen LogP) is 2.74. The SMILES string of the molecule is CC(=O)NN(Cc1ccccc1)C(=O)Oc1ccccc1. The summed E-state index contributed by atoms with van der Waals surface area (Å²) >= 11 is 0. The van der Waals surface area contributed by atoms with Gasteiger partial charge < -0.3 is 4.74 Å². The van der Waals surface area contributed by atoms with E-state index >= 15 is 0 Å². The van der Waals surface area contributed by atoms with Crippen molar-refractivity contribution >= 4 is 12.0 Å². The highest BCUT2D eigenvalue weighted by atomic mass is 16.6. The summed E-state index contributed by atoms with van der Waals surface area (Å²) in [5.74, 6) is 0.0851. The number of rotatable bonds is 3. The number of para-hydroxylation sites is 1. The average Bonchev–Trinajstić information content (AvgIpc) is 2.48. The average molecular weight is 284 g/mol. The first-order chi connectivity index (χ1) is 10.1. The van der Waals surface area contributed by atoms with E-state index in [4.69, 9.17) is 4.74 Å². The minimum absolute atomic E-state index is 0.228. The van der Waals surface area contributed by atoms with Gasteiger partial charge in [0.1, 0.15) is 5.75 Å². The van der Waals surface area contributed by atoms with Crippen LogP contribution in [0.1, 0.15) is 12.5 Å². The van der Waals surface area contributed by atoms with Crippen LogP contribution in [-0.2, 0) is 11.3 Å². The fourth-order valence-corrected chi connectivity index (χ4v) is 1.75. The van der Waals surface area contributed by atoms with Gasteiger partial charge in [0.15, 0.2) is 0 Å². The van der Waals surface area contributed by atoms with Gasteiger partial charge in [0, 0.05) is 6.92 Å². The van der Waals surface area contributed by atoms with Gasteiger partial charge >= 0.3 is 6.09 Å². The van der Waals surface area contributed by atoms with Gasteiger partial charge in [-0.05, 0) is 17.7 Å². The van der Waals surface area contributed by atoms with Crippen molar-refractivity contribution in [3.05, 3.63) is 66.2 Å². The molecule has 21 heavy (non-hydrogen) atoms. The maximum atomic E-state index is 12.1. The number of hydrogen-bond acceptors (Lipinski definition) is 3. The number of amides is 2. The molecule has 0 aliphatic rings. The van der Waals surface area contributed by atoms with Gasteiger partial charge in [-0.3, -0.25) is 10.2 Å². The summed E-state index contributed by atoms with van der Waals surface area (Å²) < 4.78 is 5.22. The molecule has 0 radical (unpaired) electrons. The van der Waals surface area contributed by atoms with Crippen LogP contribution in [-0.4, -0.2) is 17.0 Å². The van der Waals surface area contributed by atoms with Crippen molar-refractivity contribution in [1.29, 1.82) is 0 Å². The standard InChI is InChI=1S/C16H16N2O3/c1-13(19)17-18(12-14-8-4-2-5-9-14)16(20)21-15-10-6-3-7-11-15/h2-11H,12H2,1H3,(H,17,19). The van der Waals surface area contributed by atoms with Crippen LogP contribution in [0, 0.1) is 0 Å². The van der Waals surface area contributed by atoms with Crippen molar-refractivity contribution in [2.45, 2.75) is 13.5 Å². The van der Waals surface area contributed by atoms with E-state index in [1.165, 1.54) is 6.92 Å². The van der Waals surface area contributed by atoms with Crippen LogP contribution in [0.4, 0.5) is 4.79 Å². The number of benzene rings is 2. The molecule has 0 aliphatic heterocycles. The highest BCUT2D eigenvalue weighted by molar-refractivity contribution is 5.78. The van der Waals surface area contributed by atoms with E-state index in [1.807, 2.05) is 36.4 Å². The zero-order valence-corrected chi connectivity index (χ0v) is 11.7. The Morgan fingerprint density at radius 2 is 1.57 bits per heavy atom. The Balaban J connectivity index is 2.08. The lowest BCUT2D eigenvalue weighted by atomic mass is 10.2. The normalized spacial score (nSPS) is 9.76. The number of carbonyl (C=O) groups is 2. The fourth-order valence-electron chi connectivity index (χ4n) is 1.75. The quantitative estimate of drug-likeness (QED) is 0.882. The zero-order chi connectivity index (χ0) is 15.1. The third-order valence-corrected chi connectivity index (χ3v) is 2.64. The fraction of sp³-hybridized carbons (Fsp3) is 0.125. The van der Waals surface area contributed by atoms with E-state index in [-0.39, 0.29) is 12.5 Å². The van der Waals surface area contributed by atoms with Crippen LogP contribution in [0.3, 0.4) is 0 Å². The van der Waals surface area contributed by atoms with Crippen LogP contribution in [0.15, 0.2) is 60.7 Å². The van der Waals surface area contributed by atoms with Crippen LogP contribution in [0.25, 0.3) is 0 Å². The summed E-state index contributed by atoms with van der Waals surface area (Å²) in [5.41, 5.74) is 3.35. The molecule has 2 aromatic rings. The van der Waals surface area contributed by atoms with Crippen molar-refractivity contribution < 1.29 is 14.3 Å². The second-order valence-electron chi connectivity index (χ2n) is 4.42. The Bertz CT molecular complexity index is 599. The summed E-state index contributed by atoms with van der Waals surface area (Å²) in [7, 11) is 0. The number of hydrogen-bond donors (Lipinski definition) is 1. The minimum Gasteiger partial charge on any atom is -0.409 e. The summed E-state index contributed by atoms with van der Waals surface area (Å²) in [5, 5.41) is 1.14. The van der Waals surface area contributed by atoms with Crippen LogP contribution < -0.4 is 10.2 Å². The van der Waals surface area contributed by atoms with E-state index in [1.54, 1.807) is 24.3 Å². The summed E-state index contributed by atoms with van der Waals surface area (Å²) in [6.45, 7) is 1.57. The molecule has 0 bridgehead atoms. The van der Waals surface area contributed by atoms with Crippen molar-refractivity contribution in [2.75, 3.05) is 0 Å².